The van der Waals surface area contributed by atoms with Gasteiger partial charge in [-0.15, -0.1) is 0 Å². The topological polar surface area (TPSA) is 114 Å². The van der Waals surface area contributed by atoms with E-state index in [-0.39, 0.29) is 36.8 Å². The highest BCUT2D eigenvalue weighted by Gasteiger charge is 2.37. The Morgan fingerprint density at radius 3 is 2.83 bits per heavy atom. The summed E-state index contributed by atoms with van der Waals surface area (Å²) in [6.07, 6.45) is 0.287. The molecule has 128 valence electrons. The molecule has 0 bridgehead atoms. The molecule has 0 aromatic heterocycles. The van der Waals surface area contributed by atoms with Crippen molar-refractivity contribution in [3.63, 3.8) is 0 Å². The molecule has 0 radical (unpaired) electrons. The predicted molar refractivity (Wildman–Crippen MR) is 85.3 cm³/mol. The van der Waals surface area contributed by atoms with Gasteiger partial charge in [0.1, 0.15) is 11.3 Å². The van der Waals surface area contributed by atoms with E-state index >= 15 is 0 Å². The Labute approximate surface area is 139 Å². The summed E-state index contributed by atoms with van der Waals surface area (Å²) in [5, 5.41) is 15.1. The Balaban J connectivity index is 2.10. The first-order chi connectivity index (χ1) is 11.4. The van der Waals surface area contributed by atoms with Gasteiger partial charge in [0, 0.05) is 6.92 Å². The van der Waals surface area contributed by atoms with E-state index in [2.05, 4.69) is 10.6 Å². The minimum atomic E-state index is -1.31. The summed E-state index contributed by atoms with van der Waals surface area (Å²) in [5.41, 5.74) is 0.909. The third kappa shape index (κ3) is 4.26. The summed E-state index contributed by atoms with van der Waals surface area (Å²) in [5.74, 6) is -1.72. The first-order valence-corrected chi connectivity index (χ1v) is 7.60. The third-order valence-electron chi connectivity index (χ3n) is 3.46. The number of rotatable bonds is 5. The monoisotopic (exact) mass is 334 g/mol. The van der Waals surface area contributed by atoms with Gasteiger partial charge in [0.05, 0.1) is 19.1 Å². The van der Waals surface area contributed by atoms with Gasteiger partial charge < -0.3 is 25.0 Å². The van der Waals surface area contributed by atoms with E-state index in [0.29, 0.717) is 5.56 Å². The van der Waals surface area contributed by atoms with Crippen LogP contribution in [0, 0.1) is 0 Å². The average molecular weight is 334 g/mol. The SMILES string of the molecule is CCOC(=O)c1cccc2c1OB(O)[C@@H](NC(=O)CNC(C)=O)C2. The van der Waals surface area contributed by atoms with Crippen LogP contribution in [0.1, 0.15) is 29.8 Å². The van der Waals surface area contributed by atoms with Crippen LogP contribution in [-0.4, -0.2) is 49.0 Å². The normalized spacial score (nSPS) is 15.8. The first kappa shape index (κ1) is 17.8. The third-order valence-corrected chi connectivity index (χ3v) is 3.46. The minimum absolute atomic E-state index is 0.186. The number of benzene rings is 1. The molecular weight excluding hydrogens is 315 g/mol. The number of esters is 1. The number of ether oxygens (including phenoxy) is 1. The van der Waals surface area contributed by atoms with E-state index in [0.717, 1.165) is 0 Å². The van der Waals surface area contributed by atoms with Crippen LogP contribution in [0.3, 0.4) is 0 Å². The molecule has 0 aliphatic carbocycles. The molecule has 0 fully saturated rings. The fourth-order valence-electron chi connectivity index (χ4n) is 2.38. The summed E-state index contributed by atoms with van der Waals surface area (Å²) in [6.45, 7) is 3.05. The molecule has 0 saturated carbocycles. The Morgan fingerprint density at radius 1 is 1.42 bits per heavy atom. The molecule has 1 aliphatic rings. The van der Waals surface area contributed by atoms with Crippen LogP contribution in [0.2, 0.25) is 0 Å². The van der Waals surface area contributed by atoms with Crippen LogP contribution >= 0.6 is 0 Å². The maximum Gasteiger partial charge on any atom is 0.547 e. The van der Waals surface area contributed by atoms with Gasteiger partial charge in [0.25, 0.3) is 0 Å². The van der Waals surface area contributed by atoms with Gasteiger partial charge in [-0.05, 0) is 25.0 Å². The lowest BCUT2D eigenvalue weighted by Gasteiger charge is -2.29. The number of fused-ring (bicyclic) bond motifs is 1. The van der Waals surface area contributed by atoms with Gasteiger partial charge in [-0.2, -0.15) is 0 Å². The lowest BCUT2D eigenvalue weighted by molar-refractivity contribution is -0.125. The number of amides is 2. The Morgan fingerprint density at radius 2 is 2.17 bits per heavy atom. The molecule has 2 amide bonds. The zero-order valence-corrected chi connectivity index (χ0v) is 13.5. The van der Waals surface area contributed by atoms with Crippen LogP contribution < -0.4 is 15.3 Å². The lowest BCUT2D eigenvalue weighted by atomic mass is 9.72. The standard InChI is InChI=1S/C15H19BN2O6/c1-3-23-15(21)11-6-4-5-10-7-12(16(22)24-14(10)11)18-13(20)8-17-9(2)19/h4-6,12,22H,3,7-8H2,1-2H3,(H,17,19)(H,18,20)/t12-/m0/s1. The van der Waals surface area contributed by atoms with Gasteiger partial charge >= 0.3 is 13.1 Å². The number of carbonyl (C=O) groups is 3. The number of nitrogens with one attached hydrogen (secondary N) is 2. The molecule has 0 unspecified atom stereocenters. The molecule has 2 rings (SSSR count). The lowest BCUT2D eigenvalue weighted by Crippen LogP contribution is -2.54. The Hall–Kier alpha value is -2.55. The van der Waals surface area contributed by atoms with Gasteiger partial charge in [0.2, 0.25) is 11.8 Å². The van der Waals surface area contributed by atoms with Crippen molar-refractivity contribution in [3.05, 3.63) is 29.3 Å². The second-order valence-corrected chi connectivity index (χ2v) is 5.31. The fourth-order valence-corrected chi connectivity index (χ4v) is 2.38. The molecule has 1 aromatic rings. The summed E-state index contributed by atoms with van der Waals surface area (Å²) >= 11 is 0. The molecule has 24 heavy (non-hydrogen) atoms. The van der Waals surface area contributed by atoms with Crippen molar-refractivity contribution in [1.29, 1.82) is 0 Å². The number of hydrogen-bond acceptors (Lipinski definition) is 6. The fraction of sp³-hybridized carbons (Fsp3) is 0.400. The van der Waals surface area contributed by atoms with Crippen molar-refractivity contribution in [2.45, 2.75) is 26.2 Å². The average Bonchev–Trinajstić information content (AvgIpc) is 2.53. The number of para-hydroxylation sites is 1. The van der Waals surface area contributed by atoms with Crippen molar-refractivity contribution in [3.8, 4) is 5.75 Å². The largest absolute Gasteiger partial charge is 0.547 e. The number of carbonyl (C=O) groups excluding carboxylic acids is 3. The summed E-state index contributed by atoms with van der Waals surface area (Å²) in [7, 11) is -1.31. The Kier molecular flexibility index (Phi) is 5.80. The van der Waals surface area contributed by atoms with Crippen LogP contribution in [0.5, 0.6) is 5.75 Å². The van der Waals surface area contributed by atoms with Crippen molar-refractivity contribution >= 4 is 24.9 Å². The highest BCUT2D eigenvalue weighted by molar-refractivity contribution is 6.47. The predicted octanol–water partition coefficient (Wildman–Crippen LogP) is -0.561. The van der Waals surface area contributed by atoms with E-state index in [1.54, 1.807) is 25.1 Å². The summed E-state index contributed by atoms with van der Waals surface area (Å²) < 4.78 is 10.4. The van der Waals surface area contributed by atoms with Gasteiger partial charge in [-0.3, -0.25) is 9.59 Å². The molecule has 1 aromatic carbocycles. The molecule has 8 nitrogen and oxygen atoms in total. The highest BCUT2D eigenvalue weighted by Crippen LogP contribution is 2.30. The molecule has 1 heterocycles. The van der Waals surface area contributed by atoms with E-state index in [1.807, 2.05) is 0 Å². The number of hydrogen-bond donors (Lipinski definition) is 3. The summed E-state index contributed by atoms with van der Waals surface area (Å²) in [6, 6.07) is 4.98. The smallest absolute Gasteiger partial charge is 0.534 e. The van der Waals surface area contributed by atoms with Gasteiger partial charge in [-0.1, -0.05) is 12.1 Å². The Bertz CT molecular complexity index is 651. The van der Waals surface area contributed by atoms with Crippen LogP contribution in [0.4, 0.5) is 0 Å². The van der Waals surface area contributed by atoms with Crippen LogP contribution in [0.25, 0.3) is 0 Å². The second kappa shape index (κ2) is 7.82. The zero-order chi connectivity index (χ0) is 17.7. The molecule has 1 atom stereocenters. The first-order valence-electron chi connectivity index (χ1n) is 7.60. The molecule has 9 heteroatoms. The van der Waals surface area contributed by atoms with Gasteiger partial charge in [-0.25, -0.2) is 4.79 Å². The van der Waals surface area contributed by atoms with E-state index in [9.17, 15) is 19.4 Å². The maximum absolute atomic E-state index is 11.9. The zero-order valence-electron chi connectivity index (χ0n) is 13.5. The van der Waals surface area contributed by atoms with Crippen LogP contribution in [-0.2, 0) is 20.7 Å². The molecule has 0 saturated heterocycles. The van der Waals surface area contributed by atoms with E-state index in [4.69, 9.17) is 9.39 Å². The molecule has 1 aliphatic heterocycles. The molecule has 0 spiro atoms. The molecule has 3 N–H and O–H groups in total. The molecular formula is C15H19BN2O6. The van der Waals surface area contributed by atoms with Crippen molar-refractivity contribution in [1.82, 2.24) is 10.6 Å². The quantitative estimate of drug-likeness (QED) is 0.491. The minimum Gasteiger partial charge on any atom is -0.534 e. The van der Waals surface area contributed by atoms with E-state index in [1.165, 1.54) is 6.92 Å². The maximum atomic E-state index is 11.9. The van der Waals surface area contributed by atoms with Gasteiger partial charge in [0.15, 0.2) is 0 Å². The van der Waals surface area contributed by atoms with Crippen molar-refractivity contribution in [2.75, 3.05) is 13.2 Å². The van der Waals surface area contributed by atoms with Crippen molar-refractivity contribution < 1.29 is 28.8 Å². The van der Waals surface area contributed by atoms with E-state index < -0.39 is 24.9 Å². The summed E-state index contributed by atoms with van der Waals surface area (Å²) in [4.78, 5) is 34.5. The van der Waals surface area contributed by atoms with Crippen LogP contribution in [0.15, 0.2) is 18.2 Å². The highest BCUT2D eigenvalue weighted by atomic mass is 16.5. The second-order valence-electron chi connectivity index (χ2n) is 5.31. The van der Waals surface area contributed by atoms with Crippen molar-refractivity contribution in [2.24, 2.45) is 0 Å².